The third-order valence-electron chi connectivity index (χ3n) is 8.17. The first-order chi connectivity index (χ1) is 22.3. The Labute approximate surface area is 277 Å². The number of hydrogen-bond acceptors (Lipinski definition) is 6. The number of fused-ring (bicyclic) bond motifs is 1. The third kappa shape index (κ3) is 8.47. The number of carbonyl (C=O) groups excluding carboxylic acids is 3. The molecule has 1 N–H and O–H groups in total. The Morgan fingerprint density at radius 2 is 1.62 bits per heavy atom. The van der Waals surface area contributed by atoms with E-state index < -0.39 is 33.8 Å². The second-order valence-corrected chi connectivity index (χ2v) is 14.8. The van der Waals surface area contributed by atoms with Crippen molar-refractivity contribution in [1.82, 2.24) is 14.5 Å². The molecule has 2 heterocycles. The van der Waals surface area contributed by atoms with Crippen molar-refractivity contribution in [1.29, 1.82) is 0 Å². The zero-order valence-corrected chi connectivity index (χ0v) is 28.1. The molecule has 10 heteroatoms. The van der Waals surface area contributed by atoms with Crippen molar-refractivity contribution >= 4 is 27.9 Å². The van der Waals surface area contributed by atoms with E-state index in [-0.39, 0.29) is 11.8 Å². The quantitative estimate of drug-likeness (QED) is 0.191. The van der Waals surface area contributed by atoms with E-state index in [1.807, 2.05) is 63.2 Å². The maximum absolute atomic E-state index is 13.2. The van der Waals surface area contributed by atoms with Crippen LogP contribution in [-0.2, 0) is 21.2 Å². The molecule has 2 atom stereocenters. The zero-order chi connectivity index (χ0) is 33.8. The number of ether oxygens (including phenoxy) is 1. The lowest BCUT2D eigenvalue weighted by atomic mass is 9.90. The van der Waals surface area contributed by atoms with Crippen molar-refractivity contribution in [3.63, 3.8) is 0 Å². The van der Waals surface area contributed by atoms with E-state index in [1.165, 1.54) is 4.90 Å². The van der Waals surface area contributed by atoms with Gasteiger partial charge in [0.1, 0.15) is 5.60 Å². The maximum atomic E-state index is 13.2. The lowest BCUT2D eigenvalue weighted by molar-refractivity contribution is 0.00590. The zero-order valence-electron chi connectivity index (χ0n) is 27.3. The molecule has 47 heavy (non-hydrogen) atoms. The monoisotopic (exact) mass is 655 g/mol. The largest absolute Gasteiger partial charge is 0.444 e. The molecule has 0 radical (unpaired) electrons. The lowest BCUT2D eigenvalue weighted by Gasteiger charge is -2.41. The van der Waals surface area contributed by atoms with Gasteiger partial charge in [-0.3, -0.25) is 14.5 Å². The van der Waals surface area contributed by atoms with Gasteiger partial charge in [0.2, 0.25) is 10.0 Å². The van der Waals surface area contributed by atoms with Crippen LogP contribution in [-0.4, -0.2) is 73.2 Å². The number of benzene rings is 3. The van der Waals surface area contributed by atoms with E-state index >= 15 is 0 Å². The van der Waals surface area contributed by atoms with E-state index in [9.17, 15) is 22.8 Å². The fourth-order valence-corrected chi connectivity index (χ4v) is 6.97. The van der Waals surface area contributed by atoms with Gasteiger partial charge >= 0.3 is 6.09 Å². The highest BCUT2D eigenvalue weighted by Crippen LogP contribution is 2.28. The molecule has 0 spiro atoms. The molecule has 0 bridgehead atoms. The van der Waals surface area contributed by atoms with Crippen LogP contribution >= 0.6 is 0 Å². The van der Waals surface area contributed by atoms with Crippen LogP contribution in [0.15, 0.2) is 72.8 Å². The van der Waals surface area contributed by atoms with E-state index in [1.54, 1.807) is 29.2 Å². The molecule has 2 aliphatic heterocycles. The van der Waals surface area contributed by atoms with Crippen LogP contribution in [0.5, 0.6) is 0 Å². The van der Waals surface area contributed by atoms with Crippen molar-refractivity contribution < 1.29 is 27.5 Å². The summed E-state index contributed by atoms with van der Waals surface area (Å²) >= 11 is 0. The summed E-state index contributed by atoms with van der Waals surface area (Å²) in [6.07, 6.45) is 3.47. The van der Waals surface area contributed by atoms with Gasteiger partial charge < -0.3 is 9.64 Å². The maximum Gasteiger partial charge on any atom is 0.410 e. The minimum atomic E-state index is -3.51. The number of imide groups is 1. The van der Waals surface area contributed by atoms with E-state index in [0.29, 0.717) is 56.3 Å². The number of unbranched alkanes of at least 4 members (excludes halogenated alkanes) is 1. The SMILES string of the molecule is CC(C)(C)OC(=O)N1CCCC(NS(C)(=O)=O)C1Cc1cccc(-c2ccccc2C#CCCCN2C(=O)c3ccccc3C2=O)c1. The van der Waals surface area contributed by atoms with Crippen LogP contribution in [0, 0.1) is 11.8 Å². The van der Waals surface area contributed by atoms with Gasteiger partial charge in [-0.15, -0.1) is 0 Å². The molecule has 3 aromatic rings. The van der Waals surface area contributed by atoms with Crippen LogP contribution in [0.25, 0.3) is 11.1 Å². The van der Waals surface area contributed by atoms with Gasteiger partial charge in [0.05, 0.1) is 23.4 Å². The molecule has 246 valence electrons. The highest BCUT2D eigenvalue weighted by molar-refractivity contribution is 7.88. The standard InChI is InChI=1S/C37H41N3O6S/c1-37(2,3)46-36(43)39-23-13-21-32(38-47(4,44)45)33(39)25-26-14-12-17-28(24-26)29-18-8-7-16-27(29)15-6-5-11-22-40-34(41)30-19-9-10-20-31(30)35(40)42/h7-10,12,14,16-20,24,32-33,38H,5,11,13,21-23,25H2,1-4H3. The number of piperidine rings is 1. The molecule has 5 rings (SSSR count). The molecule has 3 aromatic carbocycles. The number of hydrogen-bond donors (Lipinski definition) is 1. The lowest BCUT2D eigenvalue weighted by Crippen LogP contribution is -2.58. The van der Waals surface area contributed by atoms with Crippen LogP contribution in [0.2, 0.25) is 0 Å². The average molecular weight is 656 g/mol. The van der Waals surface area contributed by atoms with Crippen molar-refractivity contribution in [3.05, 3.63) is 95.1 Å². The summed E-state index contributed by atoms with van der Waals surface area (Å²) in [5, 5.41) is 0. The first-order valence-corrected chi connectivity index (χ1v) is 17.8. The van der Waals surface area contributed by atoms with Crippen LogP contribution in [0.4, 0.5) is 4.79 Å². The highest BCUT2D eigenvalue weighted by atomic mass is 32.2. The van der Waals surface area contributed by atoms with Crippen molar-refractivity contribution in [2.45, 2.75) is 70.6 Å². The van der Waals surface area contributed by atoms with E-state index in [4.69, 9.17) is 4.74 Å². The van der Waals surface area contributed by atoms with Gasteiger partial charge in [-0.05, 0) is 81.3 Å². The van der Waals surface area contributed by atoms with Gasteiger partial charge in [-0.25, -0.2) is 17.9 Å². The molecule has 9 nitrogen and oxygen atoms in total. The molecule has 2 aliphatic rings. The fourth-order valence-electron chi connectivity index (χ4n) is 6.15. The summed E-state index contributed by atoms with van der Waals surface area (Å²) < 4.78 is 33.0. The van der Waals surface area contributed by atoms with Gasteiger partial charge in [-0.2, -0.15) is 0 Å². The van der Waals surface area contributed by atoms with Gasteiger partial charge in [-0.1, -0.05) is 66.4 Å². The number of nitrogens with one attached hydrogen (secondary N) is 1. The number of rotatable bonds is 8. The summed E-state index contributed by atoms with van der Waals surface area (Å²) in [6.45, 7) is 6.23. The molecular weight excluding hydrogens is 614 g/mol. The molecule has 0 saturated carbocycles. The molecule has 0 aromatic heterocycles. The number of sulfonamides is 1. The average Bonchev–Trinajstić information content (AvgIpc) is 3.25. The predicted molar refractivity (Wildman–Crippen MR) is 181 cm³/mol. The minimum Gasteiger partial charge on any atom is -0.444 e. The summed E-state index contributed by atoms with van der Waals surface area (Å²) in [4.78, 5) is 41.5. The second-order valence-electron chi connectivity index (χ2n) is 13.0. The van der Waals surface area contributed by atoms with Crippen molar-refractivity contribution in [2.24, 2.45) is 0 Å². The van der Waals surface area contributed by atoms with Gasteiger partial charge in [0.15, 0.2) is 0 Å². The van der Waals surface area contributed by atoms with Crippen molar-refractivity contribution in [2.75, 3.05) is 19.3 Å². The highest BCUT2D eigenvalue weighted by Gasteiger charge is 2.38. The Hall–Kier alpha value is -4.46. The second kappa shape index (κ2) is 14.1. The number of carbonyl (C=O) groups is 3. The number of likely N-dealkylation sites (tertiary alicyclic amines) is 1. The fraction of sp³-hybridized carbons (Fsp3) is 0.378. The van der Waals surface area contributed by atoms with Gasteiger partial charge in [0.25, 0.3) is 11.8 Å². The normalized spacial score (nSPS) is 18.0. The first-order valence-electron chi connectivity index (χ1n) is 15.9. The van der Waals surface area contributed by atoms with Crippen molar-refractivity contribution in [3.8, 4) is 23.0 Å². The minimum absolute atomic E-state index is 0.260. The Kier molecular flexibility index (Phi) is 10.2. The van der Waals surface area contributed by atoms with Crippen LogP contribution in [0.1, 0.15) is 78.3 Å². The third-order valence-corrected chi connectivity index (χ3v) is 8.90. The number of nitrogens with zero attached hydrogens (tertiary/aromatic N) is 2. The number of amides is 3. The summed E-state index contributed by atoms with van der Waals surface area (Å²) in [5.74, 6) is 5.96. The van der Waals surface area contributed by atoms with E-state index in [2.05, 4.69) is 22.6 Å². The predicted octanol–water partition coefficient (Wildman–Crippen LogP) is 5.64. The van der Waals surface area contributed by atoms with Crippen LogP contribution < -0.4 is 4.72 Å². The Morgan fingerprint density at radius 3 is 2.28 bits per heavy atom. The molecule has 0 aliphatic carbocycles. The van der Waals surface area contributed by atoms with Gasteiger partial charge in [0, 0.05) is 31.1 Å². The topological polar surface area (TPSA) is 113 Å². The molecule has 2 unspecified atom stereocenters. The molecular formula is C37H41N3O6S. The smallest absolute Gasteiger partial charge is 0.410 e. The Bertz CT molecular complexity index is 1800. The van der Waals surface area contributed by atoms with Crippen LogP contribution in [0.3, 0.4) is 0 Å². The Balaban J connectivity index is 1.31. The molecule has 1 saturated heterocycles. The Morgan fingerprint density at radius 1 is 0.957 bits per heavy atom. The first kappa shape index (κ1) is 33.9. The summed E-state index contributed by atoms with van der Waals surface area (Å²) in [6, 6.07) is 21.8. The summed E-state index contributed by atoms with van der Waals surface area (Å²) in [5.41, 5.74) is 3.90. The summed E-state index contributed by atoms with van der Waals surface area (Å²) in [7, 11) is -3.51. The van der Waals surface area contributed by atoms with E-state index in [0.717, 1.165) is 28.5 Å². The molecule has 3 amide bonds. The molecule has 1 fully saturated rings.